The lowest BCUT2D eigenvalue weighted by atomic mass is 10.1. The van der Waals surface area contributed by atoms with Crippen molar-refractivity contribution in [3.8, 4) is 6.07 Å². The maximum atomic E-state index is 13.4. The van der Waals surface area contributed by atoms with Crippen molar-refractivity contribution in [3.63, 3.8) is 0 Å². The number of anilines is 1. The summed E-state index contributed by atoms with van der Waals surface area (Å²) in [5.74, 6) is -1.35. The number of aromatic amines is 1. The highest BCUT2D eigenvalue weighted by atomic mass is 31.2. The lowest BCUT2D eigenvalue weighted by molar-refractivity contribution is -0.151. The van der Waals surface area contributed by atoms with Crippen LogP contribution in [-0.2, 0) is 28.9 Å². The second-order valence-electron chi connectivity index (χ2n) is 15.5. The average molecular weight is 773 g/mol. The molecule has 3 heterocycles. The molecule has 0 saturated carbocycles. The molecular weight excluding hydrogens is 717 g/mol. The Morgan fingerprint density at radius 3 is 2.36 bits per heavy atom. The van der Waals surface area contributed by atoms with Crippen molar-refractivity contribution in [2.45, 2.75) is 123 Å². The number of fused-ring (bicyclic) bond motifs is 1. The minimum atomic E-state index is -3.57. The molecule has 0 spiro atoms. The van der Waals surface area contributed by atoms with Crippen LogP contribution in [0.2, 0.25) is 13.1 Å². The van der Waals surface area contributed by atoms with Crippen LogP contribution in [0.15, 0.2) is 41.5 Å². The van der Waals surface area contributed by atoms with Gasteiger partial charge in [-0.05, 0) is 60.6 Å². The van der Waals surface area contributed by atoms with Crippen LogP contribution in [0.1, 0.15) is 79.1 Å². The average Bonchev–Trinajstić information content (AvgIpc) is 3.61. The summed E-state index contributed by atoms with van der Waals surface area (Å²) in [6.45, 7) is 20.7. The Morgan fingerprint density at radius 2 is 1.81 bits per heavy atom. The molecule has 1 amide bonds. The number of imidazole rings is 1. The van der Waals surface area contributed by atoms with Gasteiger partial charge in [0.15, 0.2) is 22.6 Å². The largest absolute Gasteiger partial charge is 0.459 e. The van der Waals surface area contributed by atoms with Crippen molar-refractivity contribution >= 4 is 45.7 Å². The van der Waals surface area contributed by atoms with Gasteiger partial charge in [-0.1, -0.05) is 45.1 Å². The molecule has 5 atom stereocenters. The van der Waals surface area contributed by atoms with Gasteiger partial charge in [-0.3, -0.25) is 24.5 Å². The van der Waals surface area contributed by atoms with Gasteiger partial charge >= 0.3 is 13.8 Å². The molecule has 3 N–H and O–H groups in total. The van der Waals surface area contributed by atoms with Gasteiger partial charge in [-0.2, -0.15) is 14.8 Å². The lowest BCUT2D eigenvalue weighted by Crippen LogP contribution is -2.57. The molecule has 0 radical (unpaired) electrons. The van der Waals surface area contributed by atoms with Crippen LogP contribution in [0.5, 0.6) is 0 Å². The first-order valence-corrected chi connectivity index (χ1v) is 22.8. The van der Waals surface area contributed by atoms with Gasteiger partial charge in [0, 0.05) is 18.0 Å². The third-order valence-corrected chi connectivity index (χ3v) is 14.3. The number of esters is 1. The summed E-state index contributed by atoms with van der Waals surface area (Å²) in [6, 6.07) is 10.4. The molecule has 15 nitrogen and oxygen atoms in total. The quantitative estimate of drug-likeness (QED) is 0.106. The molecule has 3 aromatic rings. The Morgan fingerprint density at radius 1 is 1.17 bits per heavy atom. The molecular formula is C36H55N7O8PSi+. The van der Waals surface area contributed by atoms with E-state index in [1.54, 1.807) is 48.7 Å². The van der Waals surface area contributed by atoms with Crippen molar-refractivity contribution in [1.29, 1.82) is 5.26 Å². The number of carbonyl (C=O) groups is 2. The SMILES string of the molecule is CC(C)C(=O)Nc1nc2c(ncn2[C@]2([SiH](C)C)O[C@H](COC(=O)c3ccccc3)[C@@H](O[P+](O)(CCC#N)N(C(C)C)C(C)C)[C@H]2OC(C)(C)C)c(=O)[nH]1. The van der Waals surface area contributed by atoms with Gasteiger partial charge in [-0.25, -0.2) is 14.7 Å². The molecule has 4 rings (SSSR count). The fourth-order valence-corrected chi connectivity index (χ4v) is 11.8. The zero-order valence-corrected chi connectivity index (χ0v) is 34.7. The maximum absolute atomic E-state index is 13.4. The maximum Gasteiger partial charge on any atom is 0.347 e. The number of benzene rings is 1. The number of rotatable bonds is 15. The van der Waals surface area contributed by atoms with E-state index in [1.807, 2.05) is 66.2 Å². The Hall–Kier alpha value is -3.55. The van der Waals surface area contributed by atoms with Crippen LogP contribution in [0.4, 0.5) is 5.95 Å². The molecule has 1 saturated heterocycles. The number of nitrogens with zero attached hydrogens (tertiary/aromatic N) is 5. The topological polar surface area (TPSA) is 194 Å². The number of ether oxygens (including phenoxy) is 3. The van der Waals surface area contributed by atoms with Crippen LogP contribution in [0, 0.1) is 17.2 Å². The van der Waals surface area contributed by atoms with Gasteiger partial charge < -0.3 is 14.2 Å². The van der Waals surface area contributed by atoms with E-state index >= 15 is 0 Å². The molecule has 0 bridgehead atoms. The van der Waals surface area contributed by atoms with E-state index in [0.717, 1.165) is 0 Å². The predicted molar refractivity (Wildman–Crippen MR) is 206 cm³/mol. The summed E-state index contributed by atoms with van der Waals surface area (Å²) < 4.78 is 30.5. The van der Waals surface area contributed by atoms with Crippen LogP contribution in [-0.4, -0.2) is 98.5 Å². The molecule has 2 aromatic heterocycles. The van der Waals surface area contributed by atoms with E-state index in [9.17, 15) is 24.5 Å². The van der Waals surface area contributed by atoms with Crippen molar-refractivity contribution in [3.05, 3.63) is 52.6 Å². The zero-order valence-electron chi connectivity index (χ0n) is 32.6. The fraction of sp³-hybridized carbons (Fsp3) is 0.611. The van der Waals surface area contributed by atoms with E-state index in [-0.39, 0.29) is 60.2 Å². The van der Waals surface area contributed by atoms with Crippen molar-refractivity contribution in [2.75, 3.05) is 18.1 Å². The van der Waals surface area contributed by atoms with Crippen molar-refractivity contribution in [2.24, 2.45) is 5.92 Å². The van der Waals surface area contributed by atoms with Gasteiger partial charge in [0.05, 0.1) is 38.8 Å². The minimum Gasteiger partial charge on any atom is -0.459 e. The predicted octanol–water partition coefficient (Wildman–Crippen LogP) is 5.00. The van der Waals surface area contributed by atoms with Gasteiger partial charge in [0.2, 0.25) is 11.9 Å². The molecule has 290 valence electrons. The Bertz CT molecular complexity index is 1830. The number of hydrogen-bond donors (Lipinski definition) is 3. The summed E-state index contributed by atoms with van der Waals surface area (Å²) >= 11 is 0. The molecule has 17 heteroatoms. The Labute approximate surface area is 313 Å². The first-order chi connectivity index (χ1) is 24.8. The second-order valence-corrected chi connectivity index (χ2v) is 21.0. The summed E-state index contributed by atoms with van der Waals surface area (Å²) in [5, 5.41) is 11.0. The highest BCUT2D eigenvalue weighted by molar-refractivity contribution is 7.63. The number of amides is 1. The first-order valence-electron chi connectivity index (χ1n) is 18.1. The van der Waals surface area contributed by atoms with Crippen molar-refractivity contribution < 1.29 is 33.2 Å². The van der Waals surface area contributed by atoms with Crippen molar-refractivity contribution in [1.82, 2.24) is 24.2 Å². The van der Waals surface area contributed by atoms with E-state index in [1.165, 1.54) is 6.33 Å². The zero-order chi connectivity index (χ0) is 39.5. The molecule has 53 heavy (non-hydrogen) atoms. The smallest absolute Gasteiger partial charge is 0.347 e. The number of hydrogen-bond acceptors (Lipinski definition) is 12. The first kappa shape index (κ1) is 42.2. The second kappa shape index (κ2) is 16.9. The van der Waals surface area contributed by atoms with Crippen LogP contribution < -0.4 is 10.9 Å². The highest BCUT2D eigenvalue weighted by Crippen LogP contribution is 2.64. The highest BCUT2D eigenvalue weighted by Gasteiger charge is 2.65. The molecule has 1 aromatic carbocycles. The van der Waals surface area contributed by atoms with E-state index in [4.69, 9.17) is 18.7 Å². The normalized spacial score (nSPS) is 21.8. The molecule has 1 fully saturated rings. The number of aromatic nitrogens is 4. The van der Waals surface area contributed by atoms with E-state index in [2.05, 4.69) is 26.3 Å². The summed E-state index contributed by atoms with van der Waals surface area (Å²) in [7, 11) is -5.82. The summed E-state index contributed by atoms with van der Waals surface area (Å²) in [6.07, 6.45) is -1.49. The van der Waals surface area contributed by atoms with Gasteiger partial charge in [0.25, 0.3) is 5.56 Å². The standard InChI is InChI=1S/C36H54N7O8PSi/c1-22(2)31(44)40-34-39-30-27(32(45)41-34)38-21-42(30)36(53(10)11)29(50-35(7,8)9)28(26(49-36)20-48-33(46)25-16-13-12-14-17-25)51-52(47,19-15-18-37)43(23(3)4)24(5)6/h12-14,16-17,21-24,26,28-29,47,53H,15,19-20H2,1-11H3,(H-,39,40,41,44,45)/p+1/t26-,28-,29-,36+,52?/m1/s1. The van der Waals surface area contributed by atoms with Crippen LogP contribution in [0.25, 0.3) is 11.2 Å². The minimum absolute atomic E-state index is 0.0138. The number of H-pyrrole nitrogens is 1. The molecule has 1 unspecified atom stereocenters. The molecule has 1 aliphatic rings. The van der Waals surface area contributed by atoms with Crippen LogP contribution in [0.3, 0.4) is 0 Å². The lowest BCUT2D eigenvalue weighted by Gasteiger charge is -2.42. The molecule has 0 aliphatic carbocycles. The fourth-order valence-electron chi connectivity index (χ4n) is 6.76. The number of nitriles is 1. The third-order valence-electron chi connectivity index (χ3n) is 8.88. The Balaban J connectivity index is 1.97. The van der Waals surface area contributed by atoms with Crippen LogP contribution >= 0.6 is 7.87 Å². The number of nitrogens with one attached hydrogen (secondary N) is 2. The number of carbonyl (C=O) groups excluding carboxylic acids is 2. The van der Waals surface area contributed by atoms with Gasteiger partial charge in [0.1, 0.15) is 25.0 Å². The van der Waals surface area contributed by atoms with E-state index in [0.29, 0.717) is 5.56 Å². The summed E-state index contributed by atoms with van der Waals surface area (Å²) in [5.41, 5.74) is -0.866. The third kappa shape index (κ3) is 9.22. The van der Waals surface area contributed by atoms with E-state index < -0.39 is 57.5 Å². The Kier molecular flexibility index (Phi) is 13.4. The monoisotopic (exact) mass is 772 g/mol. The van der Waals surface area contributed by atoms with Gasteiger partial charge in [-0.15, -0.1) is 4.67 Å². The summed E-state index contributed by atoms with van der Waals surface area (Å²) in [4.78, 5) is 63.7. The molecule has 1 aliphatic heterocycles.